The van der Waals surface area contributed by atoms with Gasteiger partial charge in [0.15, 0.2) is 6.21 Å². The fourth-order valence-corrected chi connectivity index (χ4v) is 2.19. The van der Waals surface area contributed by atoms with Gasteiger partial charge in [-0.1, -0.05) is 6.08 Å². The van der Waals surface area contributed by atoms with Gasteiger partial charge in [0.25, 0.3) is 0 Å². The average molecular weight is 305 g/mol. The van der Waals surface area contributed by atoms with Crippen LogP contribution in [0.1, 0.15) is 25.7 Å². The highest BCUT2D eigenvalue weighted by Gasteiger charge is 2.10. The van der Waals surface area contributed by atoms with E-state index in [1.165, 1.54) is 51.9 Å². The Labute approximate surface area is 121 Å². The van der Waals surface area contributed by atoms with Crippen molar-refractivity contribution in [3.05, 3.63) is 24.4 Å². The Morgan fingerprint density at radius 1 is 0.800 bits per heavy atom. The number of halogens is 1. The number of rotatable bonds is 3. The number of hydrogen-bond donors (Lipinski definition) is 0. The van der Waals surface area contributed by atoms with Gasteiger partial charge in [-0.2, -0.15) is 0 Å². The molecule has 0 atom stereocenters. The van der Waals surface area contributed by atoms with Crippen molar-refractivity contribution in [3.8, 4) is 0 Å². The molecule has 0 unspecified atom stereocenters. The van der Waals surface area contributed by atoms with Crippen molar-refractivity contribution >= 4 is 6.21 Å². The van der Waals surface area contributed by atoms with E-state index in [1.54, 1.807) is 0 Å². The molecular formula is C13H21ClN2O4. The van der Waals surface area contributed by atoms with Crippen LogP contribution in [0.25, 0.3) is 0 Å². The van der Waals surface area contributed by atoms with Gasteiger partial charge in [0.2, 0.25) is 0 Å². The summed E-state index contributed by atoms with van der Waals surface area (Å²) < 4.78 is 36.4. The van der Waals surface area contributed by atoms with Gasteiger partial charge in [0.1, 0.15) is 13.1 Å². The fourth-order valence-electron chi connectivity index (χ4n) is 2.19. The molecule has 2 aliphatic heterocycles. The zero-order chi connectivity index (χ0) is 14.8. The molecule has 0 aromatic heterocycles. The predicted octanol–water partition coefficient (Wildman–Crippen LogP) is -2.73. The van der Waals surface area contributed by atoms with Gasteiger partial charge < -0.3 is 4.90 Å². The lowest BCUT2D eigenvalue weighted by Crippen LogP contribution is -2.68. The maximum Gasteiger partial charge on any atom is 0.163 e. The SMILES string of the molecule is C(/C=C/C=C/N1CCCC1)=[N+]1CCCC1.[O-][Cl+3]([O-])([O-])[O-]. The molecule has 2 heterocycles. The number of nitrogens with zero attached hydrogens (tertiary/aromatic N) is 2. The zero-order valence-electron chi connectivity index (χ0n) is 11.4. The maximum atomic E-state index is 8.49. The molecule has 114 valence electrons. The van der Waals surface area contributed by atoms with Crippen molar-refractivity contribution in [1.29, 1.82) is 0 Å². The summed E-state index contributed by atoms with van der Waals surface area (Å²) in [5, 5.41) is 0. The number of likely N-dealkylation sites (tertiary alicyclic amines) is 1. The van der Waals surface area contributed by atoms with Crippen LogP contribution in [0.2, 0.25) is 0 Å². The fraction of sp³-hybridized carbons (Fsp3) is 0.615. The summed E-state index contributed by atoms with van der Waals surface area (Å²) in [5.41, 5.74) is 0. The summed E-state index contributed by atoms with van der Waals surface area (Å²) in [7, 11) is -4.94. The molecule has 20 heavy (non-hydrogen) atoms. The van der Waals surface area contributed by atoms with Gasteiger partial charge in [-0.3, -0.25) is 0 Å². The zero-order valence-corrected chi connectivity index (χ0v) is 12.2. The van der Waals surface area contributed by atoms with Crippen molar-refractivity contribution in [2.24, 2.45) is 0 Å². The van der Waals surface area contributed by atoms with Gasteiger partial charge in [-0.05, 0) is 25.1 Å². The van der Waals surface area contributed by atoms with Crippen LogP contribution in [-0.4, -0.2) is 41.9 Å². The highest BCUT2D eigenvalue weighted by atomic mass is 35.7. The molecule has 7 heteroatoms. The van der Waals surface area contributed by atoms with Crippen molar-refractivity contribution in [2.45, 2.75) is 25.7 Å². The Morgan fingerprint density at radius 3 is 1.90 bits per heavy atom. The quantitative estimate of drug-likeness (QED) is 0.416. The van der Waals surface area contributed by atoms with Crippen LogP contribution >= 0.6 is 0 Å². The van der Waals surface area contributed by atoms with E-state index in [0.717, 1.165) is 0 Å². The van der Waals surface area contributed by atoms with E-state index in [9.17, 15) is 0 Å². The van der Waals surface area contributed by atoms with E-state index < -0.39 is 10.2 Å². The normalized spacial score (nSPS) is 19.8. The molecule has 6 nitrogen and oxygen atoms in total. The van der Waals surface area contributed by atoms with E-state index in [2.05, 4.69) is 40.1 Å². The average Bonchev–Trinajstić information content (AvgIpc) is 2.97. The van der Waals surface area contributed by atoms with Crippen molar-refractivity contribution in [3.63, 3.8) is 0 Å². The first-order chi connectivity index (χ1) is 9.45. The smallest absolute Gasteiger partial charge is 0.163 e. The molecule has 0 aromatic rings. The van der Waals surface area contributed by atoms with Crippen LogP contribution in [0, 0.1) is 10.2 Å². The van der Waals surface area contributed by atoms with E-state index in [-0.39, 0.29) is 0 Å². The van der Waals surface area contributed by atoms with E-state index >= 15 is 0 Å². The van der Waals surface area contributed by atoms with Crippen LogP contribution in [0.3, 0.4) is 0 Å². The molecule has 0 radical (unpaired) electrons. The Morgan fingerprint density at radius 2 is 1.35 bits per heavy atom. The summed E-state index contributed by atoms with van der Waals surface area (Å²) in [6, 6.07) is 0. The Balaban J connectivity index is 0.000000347. The van der Waals surface area contributed by atoms with Crippen LogP contribution < -0.4 is 18.6 Å². The highest BCUT2D eigenvalue weighted by molar-refractivity contribution is 5.66. The predicted molar refractivity (Wildman–Crippen MR) is 64.4 cm³/mol. The summed E-state index contributed by atoms with van der Waals surface area (Å²) in [5.74, 6) is 0. The molecular weight excluding hydrogens is 284 g/mol. The Hall–Kier alpha value is -0.920. The minimum absolute atomic E-state index is 1.24. The van der Waals surface area contributed by atoms with Crippen LogP contribution in [0.15, 0.2) is 24.4 Å². The van der Waals surface area contributed by atoms with Gasteiger partial charge in [0, 0.05) is 32.0 Å². The molecule has 0 aliphatic carbocycles. The van der Waals surface area contributed by atoms with E-state index in [0.29, 0.717) is 0 Å². The first kappa shape index (κ1) is 17.1. The molecule has 2 saturated heterocycles. The third kappa shape index (κ3) is 9.94. The third-order valence-corrected chi connectivity index (χ3v) is 3.10. The molecule has 0 N–H and O–H groups in total. The van der Waals surface area contributed by atoms with Gasteiger partial charge in [0.05, 0.1) is 0 Å². The Kier molecular flexibility index (Phi) is 7.79. The van der Waals surface area contributed by atoms with Crippen molar-refractivity contribution in [1.82, 2.24) is 4.90 Å². The second kappa shape index (κ2) is 9.10. The summed E-state index contributed by atoms with van der Waals surface area (Å²) >= 11 is 0. The second-order valence-electron chi connectivity index (χ2n) is 4.74. The standard InChI is InChI=1S/C13H21N2.ClHO4/c1(2-8-14-10-4-5-11-14)3-9-15-12-6-7-13-15;2-1(3,4)5/h1-3,8-9H,4-7,10-13H2;(H,2,3,4,5)/q+1;/p-1. The minimum Gasteiger partial charge on any atom is -0.377 e. The lowest BCUT2D eigenvalue weighted by molar-refractivity contribution is -2.00. The molecule has 0 aromatic carbocycles. The molecule has 0 saturated carbocycles. The molecule has 2 rings (SSSR count). The minimum atomic E-state index is -4.94. The number of hydrogen-bond acceptors (Lipinski definition) is 5. The summed E-state index contributed by atoms with van der Waals surface area (Å²) in [6.07, 6.45) is 16.3. The topological polar surface area (TPSA) is 98.5 Å². The second-order valence-corrected chi connectivity index (χ2v) is 5.50. The van der Waals surface area contributed by atoms with Gasteiger partial charge >= 0.3 is 0 Å². The lowest BCUT2D eigenvalue weighted by atomic mass is 10.4. The first-order valence-corrected chi connectivity index (χ1v) is 7.97. The van der Waals surface area contributed by atoms with Crippen molar-refractivity contribution in [2.75, 3.05) is 26.2 Å². The molecule has 0 bridgehead atoms. The summed E-state index contributed by atoms with van der Waals surface area (Å²) in [6.45, 7) is 4.95. The molecule has 0 spiro atoms. The van der Waals surface area contributed by atoms with Gasteiger partial charge in [-0.15, -0.1) is 10.2 Å². The first-order valence-electron chi connectivity index (χ1n) is 6.73. The Bertz CT molecular complexity index is 344. The van der Waals surface area contributed by atoms with Crippen LogP contribution in [-0.2, 0) is 0 Å². The third-order valence-electron chi connectivity index (χ3n) is 3.10. The largest absolute Gasteiger partial charge is 0.377 e. The monoisotopic (exact) mass is 304 g/mol. The van der Waals surface area contributed by atoms with Gasteiger partial charge in [-0.25, -0.2) is 23.2 Å². The van der Waals surface area contributed by atoms with Crippen LogP contribution in [0.4, 0.5) is 0 Å². The molecule has 2 fully saturated rings. The summed E-state index contributed by atoms with van der Waals surface area (Å²) in [4.78, 5) is 2.39. The molecule has 0 amide bonds. The number of allylic oxidation sites excluding steroid dienone is 3. The van der Waals surface area contributed by atoms with Crippen LogP contribution in [0.5, 0.6) is 0 Å². The van der Waals surface area contributed by atoms with Crippen molar-refractivity contribution < 1.29 is 33.5 Å². The van der Waals surface area contributed by atoms with E-state index in [1.807, 2.05) is 0 Å². The molecule has 2 aliphatic rings. The highest BCUT2D eigenvalue weighted by Crippen LogP contribution is 2.06. The maximum absolute atomic E-state index is 8.49. The van der Waals surface area contributed by atoms with E-state index in [4.69, 9.17) is 18.6 Å². The lowest BCUT2D eigenvalue weighted by Gasteiger charge is -2.17.